The van der Waals surface area contributed by atoms with E-state index in [2.05, 4.69) is 50.4 Å². The molecule has 1 fully saturated rings. The predicted molar refractivity (Wildman–Crippen MR) is 135 cm³/mol. The summed E-state index contributed by atoms with van der Waals surface area (Å²) in [7, 11) is 0. The summed E-state index contributed by atoms with van der Waals surface area (Å²) in [5.41, 5.74) is 2.21. The van der Waals surface area contributed by atoms with E-state index in [1.54, 1.807) is 0 Å². The summed E-state index contributed by atoms with van der Waals surface area (Å²) in [4.78, 5) is 15.2. The van der Waals surface area contributed by atoms with Crippen LogP contribution in [0.5, 0.6) is 0 Å². The number of halogens is 1. The number of nitrogens with zero attached hydrogens (tertiary/aromatic N) is 4. The van der Waals surface area contributed by atoms with Gasteiger partial charge in [-0.3, -0.25) is 0 Å². The summed E-state index contributed by atoms with van der Waals surface area (Å²) in [5.74, 6) is 1.67. The van der Waals surface area contributed by atoms with E-state index in [0.29, 0.717) is 18.1 Å². The van der Waals surface area contributed by atoms with Gasteiger partial charge in [0.2, 0.25) is 0 Å². The van der Waals surface area contributed by atoms with Gasteiger partial charge in [0, 0.05) is 11.6 Å². The van der Waals surface area contributed by atoms with Crippen LogP contribution in [0.4, 0.5) is 4.79 Å². The highest BCUT2D eigenvalue weighted by molar-refractivity contribution is 6.30. The molecule has 0 unspecified atom stereocenters. The molecule has 174 valence electrons. The summed E-state index contributed by atoms with van der Waals surface area (Å²) in [6.45, 7) is 5.33. The maximum atomic E-state index is 13.3. The molecule has 1 saturated heterocycles. The Kier molecular flexibility index (Phi) is 6.24. The third-order valence-electron chi connectivity index (χ3n) is 6.64. The highest BCUT2D eigenvalue weighted by Crippen LogP contribution is 2.32. The van der Waals surface area contributed by atoms with Crippen LogP contribution < -0.4 is 5.32 Å². The van der Waals surface area contributed by atoms with Gasteiger partial charge in [0.25, 0.3) is 0 Å². The van der Waals surface area contributed by atoms with Crippen molar-refractivity contribution in [1.82, 2.24) is 25.0 Å². The molecular formula is C27H28ClN5O. The molecule has 6 nitrogen and oxygen atoms in total. The van der Waals surface area contributed by atoms with Crippen molar-refractivity contribution in [2.75, 3.05) is 6.54 Å². The van der Waals surface area contributed by atoms with Crippen LogP contribution in [0, 0.1) is 6.92 Å². The Hall–Kier alpha value is -3.38. The van der Waals surface area contributed by atoms with Crippen molar-refractivity contribution in [2.45, 2.75) is 45.3 Å². The molecule has 2 atom stereocenters. The SMILES string of the molecule is Cc1nnc([C@H]2CCCN2C(=O)N[C@@H](C)c2ccc3ccccc3c2)n1Cc1ccc(Cl)cc1. The van der Waals surface area contributed by atoms with Crippen LogP contribution in [0.1, 0.15) is 54.6 Å². The number of rotatable bonds is 5. The number of carbonyl (C=O) groups is 1. The van der Waals surface area contributed by atoms with Crippen LogP contribution in [-0.4, -0.2) is 32.2 Å². The van der Waals surface area contributed by atoms with E-state index >= 15 is 0 Å². The lowest BCUT2D eigenvalue weighted by Gasteiger charge is -2.27. The van der Waals surface area contributed by atoms with Crippen LogP contribution in [0.15, 0.2) is 66.7 Å². The van der Waals surface area contributed by atoms with Gasteiger partial charge in [0.05, 0.1) is 18.6 Å². The van der Waals surface area contributed by atoms with Gasteiger partial charge in [0.15, 0.2) is 5.82 Å². The lowest BCUT2D eigenvalue weighted by molar-refractivity contribution is 0.186. The number of hydrogen-bond acceptors (Lipinski definition) is 3. The second-order valence-corrected chi connectivity index (χ2v) is 9.38. The van der Waals surface area contributed by atoms with Gasteiger partial charge in [-0.25, -0.2) is 4.79 Å². The summed E-state index contributed by atoms with van der Waals surface area (Å²) < 4.78 is 2.10. The van der Waals surface area contributed by atoms with Gasteiger partial charge in [0.1, 0.15) is 5.82 Å². The van der Waals surface area contributed by atoms with Crippen molar-refractivity contribution in [3.05, 3.63) is 94.5 Å². The van der Waals surface area contributed by atoms with Crippen LogP contribution in [0.25, 0.3) is 10.8 Å². The second-order valence-electron chi connectivity index (χ2n) is 8.95. The highest BCUT2D eigenvalue weighted by Gasteiger charge is 2.34. The molecule has 0 spiro atoms. The molecule has 2 amide bonds. The number of likely N-dealkylation sites (tertiary alicyclic amines) is 1. The zero-order chi connectivity index (χ0) is 23.7. The van der Waals surface area contributed by atoms with Crippen LogP contribution in [-0.2, 0) is 6.54 Å². The third kappa shape index (κ3) is 4.50. The van der Waals surface area contributed by atoms with Crippen molar-refractivity contribution >= 4 is 28.4 Å². The van der Waals surface area contributed by atoms with Gasteiger partial charge in [-0.05, 0) is 66.8 Å². The first-order chi connectivity index (χ1) is 16.5. The molecule has 4 aromatic rings. The first kappa shape index (κ1) is 22.4. The lowest BCUT2D eigenvalue weighted by atomic mass is 10.0. The molecular weight excluding hydrogens is 446 g/mol. The molecule has 1 aliphatic heterocycles. The second kappa shape index (κ2) is 9.47. The van der Waals surface area contributed by atoms with Crippen LogP contribution in [0.2, 0.25) is 5.02 Å². The molecule has 5 rings (SSSR count). The first-order valence-corrected chi connectivity index (χ1v) is 12.1. The maximum absolute atomic E-state index is 13.3. The summed E-state index contributed by atoms with van der Waals surface area (Å²) >= 11 is 6.05. The normalized spacial score (nSPS) is 16.7. The number of hydrogen-bond donors (Lipinski definition) is 1. The Bertz CT molecular complexity index is 1320. The number of nitrogens with one attached hydrogen (secondary N) is 1. The quantitative estimate of drug-likeness (QED) is 0.383. The Labute approximate surface area is 204 Å². The number of aryl methyl sites for hydroxylation is 1. The number of urea groups is 1. The van der Waals surface area contributed by atoms with E-state index in [0.717, 1.165) is 35.6 Å². The van der Waals surface area contributed by atoms with Gasteiger partial charge in [-0.1, -0.05) is 60.1 Å². The average Bonchev–Trinajstić information content (AvgIpc) is 3.47. The molecule has 2 heterocycles. The van der Waals surface area contributed by atoms with E-state index in [1.807, 2.05) is 55.1 Å². The van der Waals surface area contributed by atoms with E-state index in [4.69, 9.17) is 11.6 Å². The van der Waals surface area contributed by atoms with E-state index in [9.17, 15) is 4.79 Å². The Morgan fingerprint density at radius 1 is 1.09 bits per heavy atom. The minimum atomic E-state index is -0.105. The zero-order valence-electron chi connectivity index (χ0n) is 19.4. The van der Waals surface area contributed by atoms with Gasteiger partial charge >= 0.3 is 6.03 Å². The minimum absolute atomic E-state index is 0.0677. The smallest absolute Gasteiger partial charge is 0.318 e. The Morgan fingerprint density at radius 3 is 2.65 bits per heavy atom. The summed E-state index contributed by atoms with van der Waals surface area (Å²) in [6.07, 6.45) is 1.81. The van der Waals surface area contributed by atoms with E-state index in [-0.39, 0.29) is 18.1 Å². The molecule has 1 aromatic heterocycles. The number of amides is 2. The van der Waals surface area contributed by atoms with E-state index in [1.165, 1.54) is 10.8 Å². The molecule has 0 aliphatic carbocycles. The number of carbonyl (C=O) groups excluding carboxylic acids is 1. The average molecular weight is 474 g/mol. The fourth-order valence-corrected chi connectivity index (χ4v) is 4.84. The minimum Gasteiger partial charge on any atom is -0.331 e. The van der Waals surface area contributed by atoms with Gasteiger partial charge in [-0.2, -0.15) is 0 Å². The van der Waals surface area contributed by atoms with Crippen LogP contribution in [0.3, 0.4) is 0 Å². The third-order valence-corrected chi connectivity index (χ3v) is 6.90. The maximum Gasteiger partial charge on any atom is 0.318 e. The monoisotopic (exact) mass is 473 g/mol. The molecule has 0 saturated carbocycles. The van der Waals surface area contributed by atoms with Crippen molar-refractivity contribution in [1.29, 1.82) is 0 Å². The molecule has 1 aliphatic rings. The summed E-state index contributed by atoms with van der Waals surface area (Å²) in [6, 6.07) is 22.1. The number of fused-ring (bicyclic) bond motifs is 1. The fourth-order valence-electron chi connectivity index (χ4n) is 4.72. The van der Waals surface area contributed by atoms with Gasteiger partial charge in [-0.15, -0.1) is 10.2 Å². The summed E-state index contributed by atoms with van der Waals surface area (Å²) in [5, 5.41) is 15.1. The molecule has 0 radical (unpaired) electrons. The lowest BCUT2D eigenvalue weighted by Crippen LogP contribution is -2.41. The van der Waals surface area contributed by atoms with Crippen molar-refractivity contribution in [3.8, 4) is 0 Å². The fraction of sp³-hybridized carbons (Fsp3) is 0.296. The highest BCUT2D eigenvalue weighted by atomic mass is 35.5. The van der Waals surface area contributed by atoms with Crippen molar-refractivity contribution in [2.24, 2.45) is 0 Å². The Morgan fingerprint density at radius 2 is 1.85 bits per heavy atom. The van der Waals surface area contributed by atoms with Crippen molar-refractivity contribution in [3.63, 3.8) is 0 Å². The zero-order valence-corrected chi connectivity index (χ0v) is 20.2. The number of benzene rings is 3. The molecule has 0 bridgehead atoms. The molecule has 3 aromatic carbocycles. The molecule has 34 heavy (non-hydrogen) atoms. The standard InChI is InChI=1S/C27H28ClN5O/c1-18(22-12-11-21-6-3-4-7-23(21)16-22)29-27(34)32-15-5-8-25(32)26-31-30-19(2)33(26)17-20-9-13-24(28)14-10-20/h3-4,6-7,9-14,16,18,25H,5,8,15,17H2,1-2H3,(H,29,34)/t18-,25+/m0/s1. The van der Waals surface area contributed by atoms with Gasteiger partial charge < -0.3 is 14.8 Å². The largest absolute Gasteiger partial charge is 0.331 e. The molecule has 7 heteroatoms. The first-order valence-electron chi connectivity index (χ1n) is 11.7. The Balaban J connectivity index is 1.33. The topological polar surface area (TPSA) is 63.1 Å². The number of aromatic nitrogens is 3. The molecule has 1 N–H and O–H groups in total. The predicted octanol–water partition coefficient (Wildman–Crippen LogP) is 6.05. The van der Waals surface area contributed by atoms with E-state index < -0.39 is 0 Å². The van der Waals surface area contributed by atoms with Crippen molar-refractivity contribution < 1.29 is 4.79 Å². The van der Waals surface area contributed by atoms with Crippen LogP contribution >= 0.6 is 11.6 Å².